The Morgan fingerprint density at radius 2 is 0.625 bits per heavy atom. The highest BCUT2D eigenvalue weighted by molar-refractivity contribution is 5.78. The summed E-state index contributed by atoms with van der Waals surface area (Å²) < 4.78 is 0. The molecule has 0 fully saturated rings. The lowest BCUT2D eigenvalue weighted by atomic mass is 9.97. The first-order valence-electron chi connectivity index (χ1n) is 16.0. The minimum atomic E-state index is -1.02. The molecule has 0 amide bonds. The van der Waals surface area contributed by atoms with Crippen LogP contribution in [-0.4, -0.2) is 44.3 Å². The Labute approximate surface area is 243 Å². The van der Waals surface area contributed by atoms with Crippen LogP contribution in [0.3, 0.4) is 0 Å². The predicted octanol–water partition coefficient (Wildman–Crippen LogP) is 8.95. The van der Waals surface area contributed by atoms with Crippen LogP contribution in [0.15, 0.2) is 0 Å². The smallest absolute Gasteiger partial charge is 0.307 e. The van der Waals surface area contributed by atoms with Crippen LogP contribution in [0.4, 0.5) is 0 Å². The summed E-state index contributed by atoms with van der Waals surface area (Å²) in [6, 6.07) is 0. The van der Waals surface area contributed by atoms with E-state index in [1.54, 1.807) is 0 Å². The van der Waals surface area contributed by atoms with Gasteiger partial charge in [0.25, 0.3) is 0 Å². The second-order valence-electron chi connectivity index (χ2n) is 11.2. The Morgan fingerprint density at radius 1 is 0.400 bits per heavy atom. The number of rotatable bonds is 28. The van der Waals surface area contributed by atoms with Gasteiger partial charge in [-0.1, -0.05) is 142 Å². The normalized spacial score (nSPS) is 12.2. The standard InChI is InChI=1S/2C16H30O4/c2*1-2-3-4-5-6-7-8-9-10-11-12-14(16(19)20)13-15(17)18/h2*14H,2-13H2,1H3,(H,17,18)(H,19,20). The molecule has 0 aliphatic carbocycles. The number of unbranched alkanes of at least 4 members (excludes halogenated alkanes) is 18. The van der Waals surface area contributed by atoms with Crippen molar-refractivity contribution in [2.24, 2.45) is 11.8 Å². The zero-order valence-corrected chi connectivity index (χ0v) is 25.5. The van der Waals surface area contributed by atoms with E-state index in [1.165, 1.54) is 89.9 Å². The molecule has 0 rings (SSSR count). The van der Waals surface area contributed by atoms with Gasteiger partial charge in [-0.3, -0.25) is 19.2 Å². The second kappa shape index (κ2) is 29.9. The summed E-state index contributed by atoms with van der Waals surface area (Å²) in [5, 5.41) is 35.1. The van der Waals surface area contributed by atoms with Gasteiger partial charge in [-0.15, -0.1) is 0 Å². The molecule has 0 aliphatic rings. The molecule has 236 valence electrons. The van der Waals surface area contributed by atoms with E-state index >= 15 is 0 Å². The van der Waals surface area contributed by atoms with Crippen molar-refractivity contribution in [3.05, 3.63) is 0 Å². The van der Waals surface area contributed by atoms with Crippen molar-refractivity contribution in [2.45, 2.75) is 168 Å². The Bertz CT molecular complexity index is 580. The zero-order chi connectivity index (χ0) is 30.4. The van der Waals surface area contributed by atoms with E-state index in [9.17, 15) is 19.2 Å². The summed E-state index contributed by atoms with van der Waals surface area (Å²) in [5.74, 6) is -5.45. The fraction of sp³-hybridized carbons (Fsp3) is 0.875. The van der Waals surface area contributed by atoms with Crippen molar-refractivity contribution in [1.82, 2.24) is 0 Å². The first-order valence-corrected chi connectivity index (χ1v) is 16.0. The third-order valence-corrected chi connectivity index (χ3v) is 7.35. The highest BCUT2D eigenvalue weighted by atomic mass is 16.4. The van der Waals surface area contributed by atoms with E-state index in [0.29, 0.717) is 12.8 Å². The van der Waals surface area contributed by atoms with Gasteiger partial charge in [0.1, 0.15) is 0 Å². The lowest BCUT2D eigenvalue weighted by molar-refractivity contribution is -0.148. The van der Waals surface area contributed by atoms with Crippen LogP contribution >= 0.6 is 0 Å². The van der Waals surface area contributed by atoms with Gasteiger partial charge in [0.05, 0.1) is 24.7 Å². The Kier molecular flexibility index (Phi) is 29.9. The number of carboxylic acid groups (broad SMARTS) is 4. The summed E-state index contributed by atoms with van der Waals surface area (Å²) in [5.41, 5.74) is 0. The molecule has 0 saturated heterocycles. The number of aliphatic carboxylic acids is 4. The van der Waals surface area contributed by atoms with Crippen molar-refractivity contribution in [2.75, 3.05) is 0 Å². The summed E-state index contributed by atoms with van der Waals surface area (Å²) in [6.07, 6.45) is 24.5. The average molecular weight is 573 g/mol. The Morgan fingerprint density at radius 3 is 0.825 bits per heavy atom. The van der Waals surface area contributed by atoms with Crippen molar-refractivity contribution in [3.8, 4) is 0 Å². The molecule has 2 unspecified atom stereocenters. The predicted molar refractivity (Wildman–Crippen MR) is 160 cm³/mol. The molecular weight excluding hydrogens is 512 g/mol. The zero-order valence-electron chi connectivity index (χ0n) is 25.5. The first-order chi connectivity index (χ1) is 19.1. The fourth-order valence-corrected chi connectivity index (χ4v) is 4.80. The molecule has 0 spiro atoms. The quantitative estimate of drug-likeness (QED) is 0.0678. The first kappa shape index (κ1) is 40.0. The molecule has 0 saturated carbocycles. The summed E-state index contributed by atoms with van der Waals surface area (Å²) in [6.45, 7) is 4.43. The van der Waals surface area contributed by atoms with Gasteiger partial charge in [-0.25, -0.2) is 0 Å². The maximum absolute atomic E-state index is 10.9. The van der Waals surface area contributed by atoms with E-state index in [1.807, 2.05) is 0 Å². The molecule has 0 aromatic carbocycles. The topological polar surface area (TPSA) is 149 Å². The van der Waals surface area contributed by atoms with Crippen LogP contribution in [0.1, 0.15) is 168 Å². The third-order valence-electron chi connectivity index (χ3n) is 7.35. The Balaban J connectivity index is 0. The molecule has 0 radical (unpaired) electrons. The third kappa shape index (κ3) is 30.4. The highest BCUT2D eigenvalue weighted by Crippen LogP contribution is 2.18. The molecule has 0 aromatic rings. The van der Waals surface area contributed by atoms with Crippen LogP contribution in [0.2, 0.25) is 0 Å². The molecule has 40 heavy (non-hydrogen) atoms. The number of carboxylic acids is 4. The van der Waals surface area contributed by atoms with E-state index < -0.39 is 35.7 Å². The van der Waals surface area contributed by atoms with Gasteiger partial charge in [-0.05, 0) is 12.8 Å². The monoisotopic (exact) mass is 572 g/mol. The molecule has 0 bridgehead atoms. The second-order valence-corrected chi connectivity index (χ2v) is 11.2. The maximum atomic E-state index is 10.9. The molecule has 8 nitrogen and oxygen atoms in total. The van der Waals surface area contributed by atoms with Gasteiger partial charge in [0, 0.05) is 0 Å². The minimum Gasteiger partial charge on any atom is -0.481 e. The van der Waals surface area contributed by atoms with Crippen molar-refractivity contribution < 1.29 is 39.6 Å². The molecular formula is C32H60O8. The molecule has 2 atom stereocenters. The van der Waals surface area contributed by atoms with E-state index in [4.69, 9.17) is 20.4 Å². The minimum absolute atomic E-state index is 0.257. The summed E-state index contributed by atoms with van der Waals surface area (Å²) >= 11 is 0. The maximum Gasteiger partial charge on any atom is 0.307 e. The van der Waals surface area contributed by atoms with Crippen LogP contribution in [0, 0.1) is 11.8 Å². The number of hydrogen-bond acceptors (Lipinski definition) is 4. The van der Waals surface area contributed by atoms with E-state index in [2.05, 4.69) is 13.8 Å². The van der Waals surface area contributed by atoms with Crippen LogP contribution in [0.5, 0.6) is 0 Å². The van der Waals surface area contributed by atoms with Crippen LogP contribution < -0.4 is 0 Å². The lowest BCUT2D eigenvalue weighted by Crippen LogP contribution is -2.17. The van der Waals surface area contributed by atoms with Crippen molar-refractivity contribution >= 4 is 23.9 Å². The van der Waals surface area contributed by atoms with Crippen LogP contribution in [-0.2, 0) is 19.2 Å². The van der Waals surface area contributed by atoms with Crippen molar-refractivity contribution in [3.63, 3.8) is 0 Å². The summed E-state index contributed by atoms with van der Waals surface area (Å²) in [4.78, 5) is 42.8. The number of carbonyl (C=O) groups is 4. The largest absolute Gasteiger partial charge is 0.481 e. The average Bonchev–Trinajstić information content (AvgIpc) is 2.89. The van der Waals surface area contributed by atoms with Gasteiger partial charge in [0.2, 0.25) is 0 Å². The summed E-state index contributed by atoms with van der Waals surface area (Å²) in [7, 11) is 0. The van der Waals surface area contributed by atoms with Crippen molar-refractivity contribution in [1.29, 1.82) is 0 Å². The SMILES string of the molecule is CCCCCCCCCCCCC(CC(=O)O)C(=O)O.CCCCCCCCCCCCC(CC(=O)O)C(=O)O. The van der Waals surface area contributed by atoms with Gasteiger partial charge in [0.15, 0.2) is 0 Å². The van der Waals surface area contributed by atoms with E-state index in [0.717, 1.165) is 38.5 Å². The fourth-order valence-electron chi connectivity index (χ4n) is 4.80. The van der Waals surface area contributed by atoms with Gasteiger partial charge < -0.3 is 20.4 Å². The molecule has 4 N–H and O–H groups in total. The van der Waals surface area contributed by atoms with Gasteiger partial charge in [-0.2, -0.15) is 0 Å². The molecule has 0 aromatic heterocycles. The van der Waals surface area contributed by atoms with E-state index in [-0.39, 0.29) is 12.8 Å². The van der Waals surface area contributed by atoms with Crippen LogP contribution in [0.25, 0.3) is 0 Å². The molecule has 0 aliphatic heterocycles. The number of hydrogen-bond donors (Lipinski definition) is 4. The molecule has 8 heteroatoms. The highest BCUT2D eigenvalue weighted by Gasteiger charge is 2.21. The Hall–Kier alpha value is -2.12. The molecule has 0 heterocycles. The van der Waals surface area contributed by atoms with Gasteiger partial charge >= 0.3 is 23.9 Å². The lowest BCUT2D eigenvalue weighted by Gasteiger charge is -2.09.